The number of esters is 1. The molecule has 0 unspecified atom stereocenters. The molecule has 2 amide bonds. The number of methoxy groups -OCH3 is 1. The van der Waals surface area contributed by atoms with Gasteiger partial charge in [0.25, 0.3) is 11.1 Å². The molecule has 1 fully saturated rings. The first-order valence-corrected chi connectivity index (χ1v) is 11.2. The molecule has 0 aliphatic carbocycles. The fourth-order valence-corrected chi connectivity index (χ4v) is 4.23. The number of hydrogen-bond donors (Lipinski definition) is 0. The Morgan fingerprint density at radius 3 is 2.50 bits per heavy atom. The number of hydrogen-bond acceptors (Lipinski definition) is 6. The molecule has 34 heavy (non-hydrogen) atoms. The lowest BCUT2D eigenvalue weighted by atomic mass is 10.2. The number of rotatable bonds is 6. The normalized spacial score (nSPS) is 14.6. The van der Waals surface area contributed by atoms with E-state index < -0.39 is 22.9 Å². The van der Waals surface area contributed by atoms with Crippen LogP contribution in [0.1, 0.15) is 21.5 Å². The second-order valence-electron chi connectivity index (χ2n) is 7.17. The van der Waals surface area contributed by atoms with Gasteiger partial charge in [0.15, 0.2) is 0 Å². The zero-order chi connectivity index (χ0) is 24.2. The van der Waals surface area contributed by atoms with Gasteiger partial charge in [-0.1, -0.05) is 35.9 Å². The summed E-state index contributed by atoms with van der Waals surface area (Å²) in [7, 11) is 1.53. The number of carbonyl (C=O) groups excluding carboxylic acids is 3. The van der Waals surface area contributed by atoms with Crippen molar-refractivity contribution in [3.8, 4) is 11.5 Å². The van der Waals surface area contributed by atoms with Crippen LogP contribution in [0.2, 0.25) is 5.02 Å². The van der Waals surface area contributed by atoms with Crippen LogP contribution in [-0.4, -0.2) is 29.1 Å². The van der Waals surface area contributed by atoms with E-state index in [1.165, 1.54) is 43.5 Å². The Kier molecular flexibility index (Phi) is 7.00. The van der Waals surface area contributed by atoms with E-state index in [1.807, 2.05) is 0 Å². The quantitative estimate of drug-likeness (QED) is 0.238. The molecule has 0 radical (unpaired) electrons. The van der Waals surface area contributed by atoms with Crippen LogP contribution in [-0.2, 0) is 11.3 Å². The Labute approximate surface area is 203 Å². The van der Waals surface area contributed by atoms with Gasteiger partial charge in [-0.2, -0.15) is 0 Å². The Morgan fingerprint density at radius 2 is 1.82 bits per heavy atom. The van der Waals surface area contributed by atoms with Crippen molar-refractivity contribution in [1.82, 2.24) is 4.90 Å². The Hall–Kier alpha value is -3.62. The zero-order valence-corrected chi connectivity index (χ0v) is 19.4. The molecule has 0 N–H and O–H groups in total. The Morgan fingerprint density at radius 1 is 1.09 bits per heavy atom. The van der Waals surface area contributed by atoms with Crippen LogP contribution in [0, 0.1) is 5.82 Å². The van der Waals surface area contributed by atoms with E-state index >= 15 is 0 Å². The Bertz CT molecular complexity index is 1310. The first-order chi connectivity index (χ1) is 16.4. The molecule has 3 aromatic carbocycles. The minimum atomic E-state index is -0.591. The van der Waals surface area contributed by atoms with Gasteiger partial charge >= 0.3 is 5.97 Å². The van der Waals surface area contributed by atoms with Gasteiger partial charge in [-0.3, -0.25) is 14.5 Å². The van der Waals surface area contributed by atoms with E-state index in [4.69, 9.17) is 21.1 Å². The maximum Gasteiger partial charge on any atom is 0.343 e. The molecular weight excluding hydrogens is 481 g/mol. The van der Waals surface area contributed by atoms with Gasteiger partial charge in [-0.05, 0) is 65.9 Å². The van der Waals surface area contributed by atoms with E-state index in [1.54, 1.807) is 36.4 Å². The number of thioether (sulfide) groups is 1. The van der Waals surface area contributed by atoms with Crippen molar-refractivity contribution in [3.63, 3.8) is 0 Å². The third-order valence-corrected chi connectivity index (χ3v) is 6.14. The van der Waals surface area contributed by atoms with Crippen molar-refractivity contribution >= 4 is 46.6 Å². The number of ether oxygens (including phenoxy) is 2. The van der Waals surface area contributed by atoms with Crippen molar-refractivity contribution < 1.29 is 28.2 Å². The standard InChI is InChI=1S/C25H17ClFNO5S/c1-32-18-9-7-16(8-10-18)24(30)33-21-11-6-15(12-19(21)26)13-22-23(29)28(25(31)34-22)14-17-4-2-3-5-20(17)27/h2-13H,14H2,1H3/b22-13-. The van der Waals surface area contributed by atoms with E-state index in [0.717, 1.165) is 16.7 Å². The fraction of sp³-hybridized carbons (Fsp3) is 0.0800. The van der Waals surface area contributed by atoms with E-state index in [-0.39, 0.29) is 27.8 Å². The molecule has 0 saturated carbocycles. The predicted molar refractivity (Wildman–Crippen MR) is 127 cm³/mol. The van der Waals surface area contributed by atoms with Crippen LogP contribution in [0.4, 0.5) is 9.18 Å². The summed E-state index contributed by atoms with van der Waals surface area (Å²) in [6.07, 6.45) is 1.51. The van der Waals surface area contributed by atoms with Crippen molar-refractivity contribution in [1.29, 1.82) is 0 Å². The number of imide groups is 1. The number of nitrogens with zero attached hydrogens (tertiary/aromatic N) is 1. The van der Waals surface area contributed by atoms with Crippen molar-refractivity contribution in [2.75, 3.05) is 7.11 Å². The third-order valence-electron chi connectivity index (χ3n) is 4.94. The van der Waals surface area contributed by atoms with Crippen LogP contribution in [0.5, 0.6) is 11.5 Å². The average molecular weight is 498 g/mol. The fourth-order valence-electron chi connectivity index (χ4n) is 3.16. The SMILES string of the molecule is COc1ccc(C(=O)Oc2ccc(/C=C3\SC(=O)N(Cc4ccccc4F)C3=O)cc2Cl)cc1. The number of amides is 2. The first kappa shape index (κ1) is 23.5. The van der Waals surface area contributed by atoms with Gasteiger partial charge in [-0.15, -0.1) is 0 Å². The van der Waals surface area contributed by atoms with Gasteiger partial charge in [0.2, 0.25) is 0 Å². The Balaban J connectivity index is 1.47. The smallest absolute Gasteiger partial charge is 0.343 e. The second-order valence-corrected chi connectivity index (χ2v) is 8.57. The molecule has 1 aliphatic rings. The van der Waals surface area contributed by atoms with Gasteiger partial charge in [0, 0.05) is 5.56 Å². The summed E-state index contributed by atoms with van der Waals surface area (Å²) in [4.78, 5) is 38.6. The van der Waals surface area contributed by atoms with E-state index in [0.29, 0.717) is 16.9 Å². The molecule has 9 heteroatoms. The summed E-state index contributed by atoms with van der Waals surface area (Å²) < 4.78 is 24.4. The molecule has 1 heterocycles. The second kappa shape index (κ2) is 10.1. The molecule has 172 valence electrons. The number of halogens is 2. The van der Waals surface area contributed by atoms with Gasteiger partial charge < -0.3 is 9.47 Å². The topological polar surface area (TPSA) is 72.9 Å². The number of carbonyl (C=O) groups is 3. The highest BCUT2D eigenvalue weighted by molar-refractivity contribution is 8.18. The third kappa shape index (κ3) is 5.13. The first-order valence-electron chi connectivity index (χ1n) is 10.0. The van der Waals surface area contributed by atoms with E-state index in [2.05, 4.69) is 0 Å². The molecule has 6 nitrogen and oxygen atoms in total. The summed E-state index contributed by atoms with van der Waals surface area (Å²) in [6.45, 7) is -0.157. The van der Waals surface area contributed by atoms with Crippen LogP contribution in [0.3, 0.4) is 0 Å². The summed E-state index contributed by atoms with van der Waals surface area (Å²) in [5.41, 5.74) is 1.10. The van der Waals surface area contributed by atoms with Crippen molar-refractivity contribution in [2.24, 2.45) is 0 Å². The average Bonchev–Trinajstić information content (AvgIpc) is 3.09. The predicted octanol–water partition coefficient (Wildman–Crippen LogP) is 5.94. The molecular formula is C25H17ClFNO5S. The van der Waals surface area contributed by atoms with Crippen molar-refractivity contribution in [3.05, 3.63) is 99.2 Å². The summed E-state index contributed by atoms with van der Waals surface area (Å²) in [5, 5.41) is -0.336. The van der Waals surface area contributed by atoms with Crippen LogP contribution < -0.4 is 9.47 Å². The molecule has 1 aliphatic heterocycles. The monoisotopic (exact) mass is 497 g/mol. The summed E-state index contributed by atoms with van der Waals surface area (Å²) in [5.74, 6) is -0.849. The van der Waals surface area contributed by atoms with Gasteiger partial charge in [-0.25, -0.2) is 9.18 Å². The maximum atomic E-state index is 13.9. The number of benzene rings is 3. The molecule has 3 aromatic rings. The molecule has 4 rings (SSSR count). The van der Waals surface area contributed by atoms with Crippen LogP contribution >= 0.6 is 23.4 Å². The van der Waals surface area contributed by atoms with E-state index in [9.17, 15) is 18.8 Å². The highest BCUT2D eigenvalue weighted by Gasteiger charge is 2.35. The minimum absolute atomic E-state index is 0.146. The molecule has 0 aromatic heterocycles. The van der Waals surface area contributed by atoms with Gasteiger partial charge in [0.1, 0.15) is 17.3 Å². The highest BCUT2D eigenvalue weighted by atomic mass is 35.5. The lowest BCUT2D eigenvalue weighted by molar-refractivity contribution is -0.123. The van der Waals surface area contributed by atoms with Crippen LogP contribution in [0.15, 0.2) is 71.6 Å². The highest BCUT2D eigenvalue weighted by Crippen LogP contribution is 2.35. The summed E-state index contributed by atoms with van der Waals surface area (Å²) >= 11 is 7.04. The largest absolute Gasteiger partial charge is 0.497 e. The molecule has 0 atom stereocenters. The van der Waals surface area contributed by atoms with Crippen molar-refractivity contribution in [2.45, 2.75) is 6.54 Å². The zero-order valence-electron chi connectivity index (χ0n) is 17.8. The molecule has 1 saturated heterocycles. The lowest BCUT2D eigenvalue weighted by Gasteiger charge is -2.12. The van der Waals surface area contributed by atoms with Gasteiger partial charge in [0.05, 0.1) is 29.1 Å². The van der Waals surface area contributed by atoms with Crippen LogP contribution in [0.25, 0.3) is 6.08 Å². The lowest BCUT2D eigenvalue weighted by Crippen LogP contribution is -2.27. The molecule has 0 bridgehead atoms. The minimum Gasteiger partial charge on any atom is -0.497 e. The molecule has 0 spiro atoms. The maximum absolute atomic E-state index is 13.9. The summed E-state index contributed by atoms with van der Waals surface area (Å²) in [6, 6.07) is 17.0.